The molecule has 0 saturated heterocycles. The number of benzene rings is 1. The van der Waals surface area contributed by atoms with Crippen LogP contribution in [0.2, 0.25) is 0 Å². The Bertz CT molecular complexity index is 419. The summed E-state index contributed by atoms with van der Waals surface area (Å²) in [5, 5.41) is 0. The van der Waals surface area contributed by atoms with E-state index in [1.165, 1.54) is 6.92 Å². The highest BCUT2D eigenvalue weighted by Gasteiger charge is 2.30. The second-order valence-corrected chi connectivity index (χ2v) is 6.43. The lowest BCUT2D eigenvalue weighted by molar-refractivity contribution is -0.130. The van der Waals surface area contributed by atoms with Crippen LogP contribution in [0.1, 0.15) is 6.92 Å². The van der Waals surface area contributed by atoms with Crippen LogP contribution in [0.15, 0.2) is 34.2 Å². The first-order chi connectivity index (χ1) is 6.62. The van der Waals surface area contributed by atoms with Gasteiger partial charge < -0.3 is 4.18 Å². The minimum atomic E-state index is -1.91. The average Bonchev–Trinajstić information content (AvgIpc) is 2.44. The zero-order valence-corrected chi connectivity index (χ0v) is 9.22. The quantitative estimate of drug-likeness (QED) is 0.592. The molecule has 0 N–H and O–H groups in total. The molecule has 1 aliphatic rings. The SMILES string of the molecule is CC(=O)OS1(S)C=Nc2ccccc21. The van der Waals surface area contributed by atoms with E-state index < -0.39 is 9.34 Å². The summed E-state index contributed by atoms with van der Waals surface area (Å²) in [6.07, 6.45) is 0. The van der Waals surface area contributed by atoms with Crippen LogP contribution in [-0.4, -0.2) is 11.5 Å². The van der Waals surface area contributed by atoms with Gasteiger partial charge in [-0.2, -0.15) is 0 Å². The van der Waals surface area contributed by atoms with Crippen molar-refractivity contribution >= 4 is 38.2 Å². The van der Waals surface area contributed by atoms with Crippen LogP contribution < -0.4 is 0 Å². The second-order valence-electron chi connectivity index (χ2n) is 2.85. The average molecular weight is 227 g/mol. The van der Waals surface area contributed by atoms with Gasteiger partial charge in [0.1, 0.15) is 0 Å². The summed E-state index contributed by atoms with van der Waals surface area (Å²) in [6, 6.07) is 7.53. The zero-order valence-electron chi connectivity index (χ0n) is 7.51. The van der Waals surface area contributed by atoms with E-state index in [0.29, 0.717) is 0 Å². The van der Waals surface area contributed by atoms with Gasteiger partial charge in [-0.3, -0.25) is 4.79 Å². The van der Waals surface area contributed by atoms with Gasteiger partial charge in [0.05, 0.1) is 16.1 Å². The Labute approximate surface area is 88.5 Å². The van der Waals surface area contributed by atoms with E-state index in [-0.39, 0.29) is 5.97 Å². The van der Waals surface area contributed by atoms with Crippen molar-refractivity contribution in [1.82, 2.24) is 0 Å². The third-order valence-corrected chi connectivity index (χ3v) is 4.71. The topological polar surface area (TPSA) is 38.7 Å². The predicted octanol–water partition coefficient (Wildman–Crippen LogP) is 2.85. The number of thiol groups is 1. The summed E-state index contributed by atoms with van der Waals surface area (Å²) in [7, 11) is -1.91. The third-order valence-electron chi connectivity index (χ3n) is 1.76. The summed E-state index contributed by atoms with van der Waals surface area (Å²) in [6.45, 7) is 1.37. The fourth-order valence-corrected chi connectivity index (χ4v) is 3.72. The molecule has 3 nitrogen and oxygen atoms in total. The van der Waals surface area contributed by atoms with Crippen molar-refractivity contribution in [1.29, 1.82) is 0 Å². The Morgan fingerprint density at radius 1 is 1.50 bits per heavy atom. The Hall–Kier alpha value is -0.940. The normalized spacial score (nSPS) is 27.9. The molecule has 1 unspecified atom stereocenters. The Morgan fingerprint density at radius 2 is 2.21 bits per heavy atom. The standard InChI is InChI=1S/C9H9NO2S2/c1-7(11)12-14(13)6-10-8-4-2-3-5-9(8)14/h2-6,13H,1H3. The second kappa shape index (κ2) is 3.33. The van der Waals surface area contributed by atoms with Gasteiger partial charge in [0.25, 0.3) is 0 Å². The molecule has 1 aliphatic heterocycles. The van der Waals surface area contributed by atoms with Crippen LogP contribution in [0, 0.1) is 0 Å². The Morgan fingerprint density at radius 3 is 2.93 bits per heavy atom. The summed E-state index contributed by atoms with van der Waals surface area (Å²) in [5.41, 5.74) is 2.45. The summed E-state index contributed by atoms with van der Waals surface area (Å²) < 4.78 is 5.18. The summed E-state index contributed by atoms with van der Waals surface area (Å²) >= 11 is 4.39. The molecule has 2 rings (SSSR count). The van der Waals surface area contributed by atoms with Gasteiger partial charge >= 0.3 is 5.97 Å². The van der Waals surface area contributed by atoms with E-state index in [1.807, 2.05) is 24.3 Å². The molecule has 0 aromatic heterocycles. The van der Waals surface area contributed by atoms with Gasteiger partial charge in [0.2, 0.25) is 0 Å². The van der Waals surface area contributed by atoms with Crippen molar-refractivity contribution in [3.8, 4) is 0 Å². The van der Waals surface area contributed by atoms with Crippen molar-refractivity contribution in [2.75, 3.05) is 0 Å². The number of hydrogen-bond donors (Lipinski definition) is 1. The first-order valence-electron chi connectivity index (χ1n) is 4.01. The minimum absolute atomic E-state index is 0.335. The molecule has 1 heterocycles. The molecule has 1 aromatic rings. The van der Waals surface area contributed by atoms with Gasteiger partial charge in [-0.15, -0.1) is 0 Å². The highest BCUT2D eigenvalue weighted by Crippen LogP contribution is 2.65. The van der Waals surface area contributed by atoms with Crippen molar-refractivity contribution in [2.45, 2.75) is 11.8 Å². The molecule has 0 radical (unpaired) electrons. The molecular formula is C9H9NO2S2. The van der Waals surface area contributed by atoms with Gasteiger partial charge in [0.15, 0.2) is 0 Å². The maximum absolute atomic E-state index is 10.9. The van der Waals surface area contributed by atoms with Crippen LogP contribution in [-0.2, 0) is 8.98 Å². The molecule has 14 heavy (non-hydrogen) atoms. The number of rotatable bonds is 1. The highest BCUT2D eigenvalue weighted by molar-refractivity contribution is 8.91. The number of carbonyl (C=O) groups is 1. The van der Waals surface area contributed by atoms with Crippen molar-refractivity contribution in [3.63, 3.8) is 0 Å². The minimum Gasteiger partial charge on any atom is -0.396 e. The first-order valence-corrected chi connectivity index (χ1v) is 6.68. The van der Waals surface area contributed by atoms with E-state index in [2.05, 4.69) is 16.7 Å². The van der Waals surface area contributed by atoms with Crippen molar-refractivity contribution in [3.05, 3.63) is 24.3 Å². The zero-order chi connectivity index (χ0) is 10.2. The number of para-hydroxylation sites is 1. The molecule has 1 atom stereocenters. The van der Waals surface area contributed by atoms with Crippen LogP contribution in [0.25, 0.3) is 0 Å². The highest BCUT2D eigenvalue weighted by atomic mass is 33.1. The van der Waals surface area contributed by atoms with Crippen LogP contribution in [0.4, 0.5) is 5.69 Å². The van der Waals surface area contributed by atoms with Gasteiger partial charge in [0, 0.05) is 16.3 Å². The Balaban J connectivity index is 2.42. The Kier molecular flexibility index (Phi) is 2.28. The fraction of sp³-hybridized carbons (Fsp3) is 0.111. The maximum atomic E-state index is 10.9. The molecule has 0 bridgehead atoms. The van der Waals surface area contributed by atoms with Crippen molar-refractivity contribution < 1.29 is 8.98 Å². The lowest BCUT2D eigenvalue weighted by Gasteiger charge is -2.25. The van der Waals surface area contributed by atoms with Gasteiger partial charge in [-0.25, -0.2) is 4.99 Å². The van der Waals surface area contributed by atoms with E-state index in [9.17, 15) is 4.79 Å². The predicted molar refractivity (Wildman–Crippen MR) is 61.2 cm³/mol. The molecule has 74 valence electrons. The monoisotopic (exact) mass is 227 g/mol. The third kappa shape index (κ3) is 1.53. The number of hydrogen-bond acceptors (Lipinski definition) is 4. The van der Waals surface area contributed by atoms with E-state index in [1.54, 1.807) is 5.55 Å². The lowest BCUT2D eigenvalue weighted by atomic mass is 10.3. The van der Waals surface area contributed by atoms with Crippen LogP contribution in [0.3, 0.4) is 0 Å². The largest absolute Gasteiger partial charge is 0.396 e. The van der Waals surface area contributed by atoms with E-state index >= 15 is 0 Å². The number of aliphatic imine (C=N–C) groups is 1. The maximum Gasteiger partial charge on any atom is 0.314 e. The molecule has 5 heteroatoms. The van der Waals surface area contributed by atoms with Gasteiger partial charge in [-0.05, 0) is 12.1 Å². The van der Waals surface area contributed by atoms with E-state index in [4.69, 9.17) is 4.18 Å². The van der Waals surface area contributed by atoms with Gasteiger partial charge in [-0.1, -0.05) is 23.8 Å². The molecule has 1 aromatic carbocycles. The molecule has 0 aliphatic carbocycles. The molecule has 0 amide bonds. The summed E-state index contributed by atoms with van der Waals surface area (Å²) in [4.78, 5) is 16.0. The van der Waals surface area contributed by atoms with Crippen LogP contribution >= 0.6 is 21.0 Å². The number of fused-ring (bicyclic) bond motifs is 1. The molecular weight excluding hydrogens is 218 g/mol. The lowest BCUT2D eigenvalue weighted by Crippen LogP contribution is -2.02. The number of carbonyl (C=O) groups excluding carboxylic acids is 1. The molecule has 0 spiro atoms. The first kappa shape index (κ1) is 9.61. The summed E-state index contributed by atoms with van der Waals surface area (Å²) in [5.74, 6) is -0.335. The smallest absolute Gasteiger partial charge is 0.314 e. The van der Waals surface area contributed by atoms with Crippen molar-refractivity contribution in [2.24, 2.45) is 4.99 Å². The van der Waals surface area contributed by atoms with E-state index in [0.717, 1.165) is 10.6 Å². The number of nitrogens with zero attached hydrogens (tertiary/aromatic N) is 1. The molecule has 0 saturated carbocycles. The fourth-order valence-electron chi connectivity index (χ4n) is 1.24. The van der Waals surface area contributed by atoms with Crippen LogP contribution in [0.5, 0.6) is 0 Å². The molecule has 0 fully saturated rings.